The number of carbonyl (C=O) groups is 1. The van der Waals surface area contributed by atoms with E-state index >= 15 is 0 Å². The number of rotatable bonds is 6. The van der Waals surface area contributed by atoms with Crippen LogP contribution in [0.3, 0.4) is 0 Å². The molecule has 0 atom stereocenters. The van der Waals surface area contributed by atoms with E-state index in [0.717, 1.165) is 23.6 Å². The monoisotopic (exact) mass is 375 g/mol. The lowest BCUT2D eigenvalue weighted by molar-refractivity contribution is -0.142. The first-order chi connectivity index (χ1) is 11.8. The standard InChI is InChI=1S/C15H13F4N3O2S/c1-2-24-12(23)6-10-8-25-14(21-10)22-20-7-9-4-3-5-11(13(9)16)15(17,18)19/h3-5,7-8H,2,6H2,1H3,(H,21,22). The predicted octanol–water partition coefficient (Wildman–Crippen LogP) is 3.85. The molecule has 134 valence electrons. The lowest BCUT2D eigenvalue weighted by atomic mass is 10.1. The van der Waals surface area contributed by atoms with E-state index in [2.05, 4.69) is 15.5 Å². The van der Waals surface area contributed by atoms with Gasteiger partial charge in [0.15, 0.2) is 0 Å². The number of hydrogen-bond acceptors (Lipinski definition) is 6. The Labute approximate surface area is 144 Å². The fourth-order valence-electron chi connectivity index (χ4n) is 1.82. The minimum Gasteiger partial charge on any atom is -0.466 e. The van der Waals surface area contributed by atoms with Crippen molar-refractivity contribution in [1.29, 1.82) is 0 Å². The van der Waals surface area contributed by atoms with Gasteiger partial charge in [-0.15, -0.1) is 11.3 Å². The average molecular weight is 375 g/mol. The van der Waals surface area contributed by atoms with Crippen LogP contribution in [0.2, 0.25) is 0 Å². The van der Waals surface area contributed by atoms with Gasteiger partial charge >= 0.3 is 12.1 Å². The molecular formula is C15H13F4N3O2S. The van der Waals surface area contributed by atoms with Crippen molar-refractivity contribution in [2.75, 3.05) is 12.0 Å². The van der Waals surface area contributed by atoms with E-state index in [1.54, 1.807) is 12.3 Å². The van der Waals surface area contributed by atoms with Crippen molar-refractivity contribution in [3.8, 4) is 0 Å². The van der Waals surface area contributed by atoms with Crippen molar-refractivity contribution in [2.24, 2.45) is 5.10 Å². The molecule has 10 heteroatoms. The van der Waals surface area contributed by atoms with Gasteiger partial charge in [0.05, 0.1) is 30.5 Å². The molecule has 25 heavy (non-hydrogen) atoms. The molecule has 2 aromatic rings. The highest BCUT2D eigenvalue weighted by molar-refractivity contribution is 7.13. The van der Waals surface area contributed by atoms with Crippen LogP contribution >= 0.6 is 11.3 Å². The number of carbonyl (C=O) groups excluding carboxylic acids is 1. The van der Waals surface area contributed by atoms with Gasteiger partial charge in [-0.2, -0.15) is 18.3 Å². The molecule has 2 rings (SSSR count). The summed E-state index contributed by atoms with van der Waals surface area (Å²) in [7, 11) is 0. The van der Waals surface area contributed by atoms with E-state index in [-0.39, 0.29) is 18.6 Å². The van der Waals surface area contributed by atoms with E-state index in [4.69, 9.17) is 4.74 Å². The Kier molecular flexibility index (Phi) is 6.07. The molecule has 0 aliphatic carbocycles. The molecule has 0 fully saturated rings. The van der Waals surface area contributed by atoms with Crippen molar-refractivity contribution in [1.82, 2.24) is 4.98 Å². The van der Waals surface area contributed by atoms with Gasteiger partial charge in [-0.05, 0) is 13.0 Å². The number of esters is 1. The number of alkyl halides is 3. The van der Waals surface area contributed by atoms with Crippen LogP contribution in [0.25, 0.3) is 0 Å². The smallest absolute Gasteiger partial charge is 0.419 e. The zero-order chi connectivity index (χ0) is 18.4. The van der Waals surface area contributed by atoms with E-state index in [1.165, 1.54) is 6.07 Å². The molecule has 0 aliphatic rings. The SMILES string of the molecule is CCOC(=O)Cc1csc(NN=Cc2cccc(C(F)(F)F)c2F)n1. The topological polar surface area (TPSA) is 63.6 Å². The number of halogens is 4. The molecule has 5 nitrogen and oxygen atoms in total. The first-order valence-corrected chi connectivity index (χ1v) is 7.94. The van der Waals surface area contributed by atoms with Gasteiger partial charge in [-0.1, -0.05) is 12.1 Å². The molecule has 0 aliphatic heterocycles. The molecule has 0 amide bonds. The van der Waals surface area contributed by atoms with Crippen LogP contribution in [0, 0.1) is 5.82 Å². The summed E-state index contributed by atoms with van der Waals surface area (Å²) in [6.45, 7) is 1.95. The minimum absolute atomic E-state index is 0.00199. The number of hydrogen-bond donors (Lipinski definition) is 1. The molecule has 1 aromatic heterocycles. The molecule has 0 radical (unpaired) electrons. The van der Waals surface area contributed by atoms with Crippen LogP contribution in [0.4, 0.5) is 22.7 Å². The van der Waals surface area contributed by atoms with Crippen LogP contribution in [-0.4, -0.2) is 23.8 Å². The van der Waals surface area contributed by atoms with Crippen molar-refractivity contribution in [3.63, 3.8) is 0 Å². The molecule has 0 saturated heterocycles. The summed E-state index contributed by atoms with van der Waals surface area (Å²) in [5.74, 6) is -1.82. The molecule has 1 heterocycles. The second kappa shape index (κ2) is 8.06. The lowest BCUT2D eigenvalue weighted by Gasteiger charge is -2.08. The Balaban J connectivity index is 2.02. The van der Waals surface area contributed by atoms with E-state index in [9.17, 15) is 22.4 Å². The van der Waals surface area contributed by atoms with Gasteiger partial charge in [0.25, 0.3) is 0 Å². The highest BCUT2D eigenvalue weighted by atomic mass is 32.1. The summed E-state index contributed by atoms with van der Waals surface area (Å²) in [4.78, 5) is 15.4. The second-order valence-corrected chi connectivity index (χ2v) is 5.56. The Morgan fingerprint density at radius 1 is 1.44 bits per heavy atom. The highest BCUT2D eigenvalue weighted by Gasteiger charge is 2.34. The maximum absolute atomic E-state index is 13.8. The number of aromatic nitrogens is 1. The molecular weight excluding hydrogens is 362 g/mol. The van der Waals surface area contributed by atoms with Crippen molar-refractivity contribution >= 4 is 28.7 Å². The normalized spacial score (nSPS) is 11.7. The third-order valence-electron chi connectivity index (χ3n) is 2.88. The minimum atomic E-state index is -4.78. The zero-order valence-electron chi connectivity index (χ0n) is 12.9. The third-order valence-corrected chi connectivity index (χ3v) is 3.68. The summed E-state index contributed by atoms with van der Waals surface area (Å²) in [6, 6.07) is 2.92. The van der Waals surface area contributed by atoms with Crippen LogP contribution in [-0.2, 0) is 22.1 Å². The van der Waals surface area contributed by atoms with Gasteiger partial charge in [-0.25, -0.2) is 9.37 Å². The predicted molar refractivity (Wildman–Crippen MR) is 85.1 cm³/mol. The Hall–Kier alpha value is -2.49. The molecule has 0 bridgehead atoms. The van der Waals surface area contributed by atoms with Gasteiger partial charge in [0.2, 0.25) is 5.13 Å². The van der Waals surface area contributed by atoms with Gasteiger partial charge in [0.1, 0.15) is 5.82 Å². The number of thiazole rings is 1. The van der Waals surface area contributed by atoms with Crippen LogP contribution in [0.15, 0.2) is 28.7 Å². The summed E-state index contributed by atoms with van der Waals surface area (Å²) < 4.78 is 56.5. The number of nitrogens with one attached hydrogen (secondary N) is 1. The van der Waals surface area contributed by atoms with E-state index in [1.807, 2.05) is 0 Å². The third kappa shape index (κ3) is 5.24. The van der Waals surface area contributed by atoms with Gasteiger partial charge in [-0.3, -0.25) is 10.2 Å². The number of hydrazone groups is 1. The lowest BCUT2D eigenvalue weighted by Crippen LogP contribution is -2.09. The number of anilines is 1. The Bertz CT molecular complexity index is 774. The summed E-state index contributed by atoms with van der Waals surface area (Å²) in [6.07, 6.45) is -3.85. The molecule has 1 N–H and O–H groups in total. The van der Waals surface area contributed by atoms with Crippen LogP contribution in [0.1, 0.15) is 23.7 Å². The number of benzene rings is 1. The first kappa shape index (κ1) is 18.8. The number of ether oxygens (including phenoxy) is 1. The quantitative estimate of drug-likeness (QED) is 0.361. The maximum Gasteiger partial charge on any atom is 0.419 e. The van der Waals surface area contributed by atoms with E-state index in [0.29, 0.717) is 16.9 Å². The first-order valence-electron chi connectivity index (χ1n) is 7.06. The summed E-state index contributed by atoms with van der Waals surface area (Å²) in [5.41, 5.74) is 1.27. The fourth-order valence-corrected chi connectivity index (χ4v) is 2.48. The van der Waals surface area contributed by atoms with Gasteiger partial charge in [0, 0.05) is 10.9 Å². The summed E-state index contributed by atoms with van der Waals surface area (Å²) >= 11 is 1.14. The summed E-state index contributed by atoms with van der Waals surface area (Å²) in [5, 5.41) is 5.59. The van der Waals surface area contributed by atoms with E-state index < -0.39 is 23.5 Å². The average Bonchev–Trinajstić information content (AvgIpc) is 2.95. The van der Waals surface area contributed by atoms with Crippen molar-refractivity contribution in [3.05, 3.63) is 46.2 Å². The second-order valence-electron chi connectivity index (χ2n) is 4.70. The molecule has 0 saturated carbocycles. The Morgan fingerprint density at radius 3 is 2.88 bits per heavy atom. The van der Waals surface area contributed by atoms with Crippen LogP contribution in [0.5, 0.6) is 0 Å². The molecule has 0 spiro atoms. The Morgan fingerprint density at radius 2 is 2.20 bits per heavy atom. The highest BCUT2D eigenvalue weighted by Crippen LogP contribution is 2.32. The zero-order valence-corrected chi connectivity index (χ0v) is 13.7. The molecule has 1 aromatic carbocycles. The molecule has 0 unspecified atom stereocenters. The maximum atomic E-state index is 13.8. The van der Waals surface area contributed by atoms with Crippen molar-refractivity contribution in [2.45, 2.75) is 19.5 Å². The largest absolute Gasteiger partial charge is 0.466 e. The van der Waals surface area contributed by atoms with Gasteiger partial charge < -0.3 is 4.74 Å². The van der Waals surface area contributed by atoms with Crippen LogP contribution < -0.4 is 5.43 Å². The fraction of sp³-hybridized carbons (Fsp3) is 0.267. The number of nitrogens with zero attached hydrogens (tertiary/aromatic N) is 2. The van der Waals surface area contributed by atoms with Crippen molar-refractivity contribution < 1.29 is 27.1 Å².